The van der Waals surface area contributed by atoms with Gasteiger partial charge in [-0.1, -0.05) is 29.5 Å². The van der Waals surface area contributed by atoms with E-state index in [9.17, 15) is 14.4 Å². The predicted molar refractivity (Wildman–Crippen MR) is 101 cm³/mol. The lowest BCUT2D eigenvalue weighted by Gasteiger charge is -2.14. The van der Waals surface area contributed by atoms with Crippen LogP contribution in [0.25, 0.3) is 11.0 Å². The first-order valence-electron chi connectivity index (χ1n) is 8.58. The molecule has 0 N–H and O–H groups in total. The number of fused-ring (bicyclic) bond motifs is 2. The number of hydrogen-bond donors (Lipinski definition) is 0. The van der Waals surface area contributed by atoms with E-state index in [1.54, 1.807) is 66.7 Å². The number of amides is 2. The first kappa shape index (κ1) is 16.1. The average molecular weight is 368 g/mol. The molecule has 7 nitrogen and oxygen atoms in total. The van der Waals surface area contributed by atoms with Gasteiger partial charge in [-0.2, -0.15) is 4.68 Å². The van der Waals surface area contributed by atoms with Crippen LogP contribution in [0.4, 0.5) is 5.69 Å². The highest BCUT2D eigenvalue weighted by Gasteiger charge is 2.36. The maximum absolute atomic E-state index is 12.8. The van der Waals surface area contributed by atoms with Gasteiger partial charge in [0.15, 0.2) is 0 Å². The smallest absolute Gasteiger partial charge is 0.268 e. The van der Waals surface area contributed by atoms with Gasteiger partial charge in [-0.25, -0.2) is 4.90 Å². The Morgan fingerprint density at radius 2 is 1.36 bits per heavy atom. The van der Waals surface area contributed by atoms with Crippen molar-refractivity contribution in [3.05, 3.63) is 89.5 Å². The van der Waals surface area contributed by atoms with Gasteiger partial charge in [-0.05, 0) is 48.5 Å². The van der Waals surface area contributed by atoms with Crippen molar-refractivity contribution in [1.29, 1.82) is 0 Å². The topological polar surface area (TPSA) is 85.2 Å². The van der Waals surface area contributed by atoms with Crippen LogP contribution in [0.1, 0.15) is 31.1 Å². The molecule has 3 aromatic carbocycles. The molecule has 0 saturated carbocycles. The second kappa shape index (κ2) is 5.95. The Morgan fingerprint density at radius 1 is 0.750 bits per heavy atom. The second-order valence-corrected chi connectivity index (χ2v) is 6.33. The van der Waals surface area contributed by atoms with E-state index >= 15 is 0 Å². The maximum Gasteiger partial charge on any atom is 0.280 e. The molecule has 0 atom stereocenters. The molecule has 2 amide bonds. The largest absolute Gasteiger partial charge is 0.280 e. The Morgan fingerprint density at radius 3 is 2.04 bits per heavy atom. The molecule has 0 unspecified atom stereocenters. The number of rotatable bonds is 2. The van der Waals surface area contributed by atoms with Gasteiger partial charge in [-0.3, -0.25) is 14.4 Å². The fourth-order valence-corrected chi connectivity index (χ4v) is 3.32. The number of carbonyl (C=O) groups is 3. The molecule has 5 rings (SSSR count). The normalized spacial score (nSPS) is 13.2. The molecule has 2 heterocycles. The van der Waals surface area contributed by atoms with Crippen LogP contribution in [-0.4, -0.2) is 32.7 Å². The summed E-state index contributed by atoms with van der Waals surface area (Å²) in [5.74, 6) is -1.09. The molecule has 0 fully saturated rings. The van der Waals surface area contributed by atoms with Gasteiger partial charge < -0.3 is 0 Å². The van der Waals surface area contributed by atoms with Crippen LogP contribution in [0.2, 0.25) is 0 Å². The number of hydrogen-bond acceptors (Lipinski definition) is 5. The Balaban J connectivity index is 1.48. The molecule has 0 aliphatic carbocycles. The Hall–Kier alpha value is -4.13. The third kappa shape index (κ3) is 2.26. The fraction of sp³-hybridized carbons (Fsp3) is 0. The van der Waals surface area contributed by atoms with Gasteiger partial charge >= 0.3 is 0 Å². The quantitative estimate of drug-likeness (QED) is 0.508. The first-order chi connectivity index (χ1) is 13.6. The SMILES string of the molecule is O=C1c2ccccc2C(=O)N1c1ccc(C(=O)n2nnc3ccccc32)cc1. The minimum Gasteiger partial charge on any atom is -0.268 e. The zero-order valence-corrected chi connectivity index (χ0v) is 14.4. The van der Waals surface area contributed by atoms with Gasteiger partial charge in [0, 0.05) is 5.56 Å². The van der Waals surface area contributed by atoms with Crippen molar-refractivity contribution in [3.63, 3.8) is 0 Å². The maximum atomic E-state index is 12.8. The molecule has 1 aromatic heterocycles. The summed E-state index contributed by atoms with van der Waals surface area (Å²) in [4.78, 5) is 39.0. The molecule has 1 aliphatic rings. The minimum absolute atomic E-state index is 0.345. The van der Waals surface area contributed by atoms with E-state index in [1.165, 1.54) is 4.68 Å². The minimum atomic E-state index is -0.373. The van der Waals surface area contributed by atoms with Crippen molar-refractivity contribution >= 4 is 34.4 Å². The standard InChI is InChI=1S/C21H12N4O3/c26-19(25-18-8-4-3-7-17(18)22-23-25)13-9-11-14(12-10-13)24-20(27)15-5-1-2-6-16(15)21(24)28/h1-12H. The molecule has 0 bridgehead atoms. The highest BCUT2D eigenvalue weighted by molar-refractivity contribution is 6.34. The number of para-hydroxylation sites is 1. The fourth-order valence-electron chi connectivity index (χ4n) is 3.32. The van der Waals surface area contributed by atoms with E-state index in [1.807, 2.05) is 6.07 Å². The first-order valence-corrected chi connectivity index (χ1v) is 8.58. The summed E-state index contributed by atoms with van der Waals surface area (Å²) in [5, 5.41) is 7.90. The van der Waals surface area contributed by atoms with Gasteiger partial charge in [0.05, 0.1) is 22.3 Å². The van der Waals surface area contributed by atoms with Crippen molar-refractivity contribution in [2.45, 2.75) is 0 Å². The van der Waals surface area contributed by atoms with Crippen LogP contribution in [0.15, 0.2) is 72.8 Å². The van der Waals surface area contributed by atoms with Crippen LogP contribution in [0.3, 0.4) is 0 Å². The molecular formula is C21H12N4O3. The van der Waals surface area contributed by atoms with E-state index in [4.69, 9.17) is 0 Å². The lowest BCUT2D eigenvalue weighted by Crippen LogP contribution is -2.29. The van der Waals surface area contributed by atoms with Crippen molar-refractivity contribution < 1.29 is 14.4 Å². The molecule has 0 radical (unpaired) electrons. The number of anilines is 1. The number of aromatic nitrogens is 3. The monoisotopic (exact) mass is 368 g/mol. The van der Waals surface area contributed by atoms with E-state index < -0.39 is 0 Å². The summed E-state index contributed by atoms with van der Waals surface area (Å²) in [6.45, 7) is 0. The highest BCUT2D eigenvalue weighted by atomic mass is 16.2. The summed E-state index contributed by atoms with van der Waals surface area (Å²) < 4.78 is 1.23. The molecule has 7 heteroatoms. The van der Waals surface area contributed by atoms with Crippen LogP contribution < -0.4 is 4.90 Å². The molecular weight excluding hydrogens is 356 g/mol. The van der Waals surface area contributed by atoms with Gasteiger partial charge in [-0.15, -0.1) is 5.10 Å². The summed E-state index contributed by atoms with van der Waals surface area (Å²) >= 11 is 0. The number of imide groups is 1. The van der Waals surface area contributed by atoms with Crippen molar-refractivity contribution in [2.24, 2.45) is 0 Å². The summed E-state index contributed by atoms with van der Waals surface area (Å²) in [5.41, 5.74) is 2.76. The second-order valence-electron chi connectivity index (χ2n) is 6.33. The Bertz CT molecular complexity index is 1240. The summed E-state index contributed by atoms with van der Waals surface area (Å²) in [6.07, 6.45) is 0. The van der Waals surface area contributed by atoms with Crippen LogP contribution in [-0.2, 0) is 0 Å². The van der Waals surface area contributed by atoms with Crippen LogP contribution in [0.5, 0.6) is 0 Å². The molecule has 28 heavy (non-hydrogen) atoms. The lowest BCUT2D eigenvalue weighted by molar-refractivity contribution is 0.0922. The van der Waals surface area contributed by atoms with Crippen molar-refractivity contribution in [3.8, 4) is 0 Å². The van der Waals surface area contributed by atoms with E-state index in [0.29, 0.717) is 33.4 Å². The molecule has 134 valence electrons. The number of nitrogens with zero attached hydrogens (tertiary/aromatic N) is 4. The van der Waals surface area contributed by atoms with E-state index in [2.05, 4.69) is 10.3 Å². The molecule has 4 aromatic rings. The van der Waals surface area contributed by atoms with E-state index in [0.717, 1.165) is 4.90 Å². The van der Waals surface area contributed by atoms with Gasteiger partial charge in [0.1, 0.15) is 5.52 Å². The molecule has 0 saturated heterocycles. The van der Waals surface area contributed by atoms with E-state index in [-0.39, 0.29) is 17.7 Å². The Kier molecular flexibility index (Phi) is 3.42. The predicted octanol–water partition coefficient (Wildman–Crippen LogP) is 2.92. The van der Waals surface area contributed by atoms with Gasteiger partial charge in [0.25, 0.3) is 17.7 Å². The van der Waals surface area contributed by atoms with Crippen LogP contribution in [0, 0.1) is 0 Å². The van der Waals surface area contributed by atoms with Crippen molar-refractivity contribution in [2.75, 3.05) is 4.90 Å². The molecule has 0 spiro atoms. The zero-order valence-electron chi connectivity index (χ0n) is 14.4. The number of benzene rings is 3. The summed E-state index contributed by atoms with van der Waals surface area (Å²) in [7, 11) is 0. The van der Waals surface area contributed by atoms with Crippen molar-refractivity contribution in [1.82, 2.24) is 15.0 Å². The Labute approximate surface area is 158 Å². The number of carbonyl (C=O) groups excluding carboxylic acids is 3. The highest BCUT2D eigenvalue weighted by Crippen LogP contribution is 2.28. The average Bonchev–Trinajstić information content (AvgIpc) is 3.28. The van der Waals surface area contributed by atoms with Crippen LogP contribution >= 0.6 is 0 Å². The molecule has 1 aliphatic heterocycles. The lowest BCUT2D eigenvalue weighted by atomic mass is 10.1. The third-order valence-electron chi connectivity index (χ3n) is 4.71. The third-order valence-corrected chi connectivity index (χ3v) is 4.71. The zero-order chi connectivity index (χ0) is 19.3. The van der Waals surface area contributed by atoms with Gasteiger partial charge in [0.2, 0.25) is 0 Å². The summed E-state index contributed by atoms with van der Waals surface area (Å²) in [6, 6.07) is 20.2.